The molecule has 3 saturated carbocycles. The number of carbonyl (C=O) groups is 2. The van der Waals surface area contributed by atoms with Gasteiger partial charge in [0, 0.05) is 13.0 Å². The molecule has 5 unspecified atom stereocenters. The van der Waals surface area contributed by atoms with E-state index >= 15 is 0 Å². The summed E-state index contributed by atoms with van der Waals surface area (Å²) in [4.78, 5) is 21.8. The van der Waals surface area contributed by atoms with Gasteiger partial charge < -0.3 is 5.32 Å². The number of unbranched alkanes of at least 4 members (excludes halogenated alkanes) is 1. The molecule has 2 bridgehead atoms. The predicted molar refractivity (Wildman–Crippen MR) is 98.7 cm³/mol. The Morgan fingerprint density at radius 3 is 2.33 bits per heavy atom. The van der Waals surface area contributed by atoms with Crippen LogP contribution in [0.5, 0.6) is 0 Å². The summed E-state index contributed by atoms with van der Waals surface area (Å²) in [5.74, 6) is 2.77. The van der Waals surface area contributed by atoms with Gasteiger partial charge in [-0.25, -0.2) is 0 Å². The molecule has 1 N–H and O–H groups in total. The second-order valence-electron chi connectivity index (χ2n) is 8.48. The molecule has 0 radical (unpaired) electrons. The van der Waals surface area contributed by atoms with Crippen molar-refractivity contribution in [1.82, 2.24) is 5.32 Å². The number of nitrogens with one attached hydrogen (secondary N) is 1. The Morgan fingerprint density at radius 1 is 1.04 bits per heavy atom. The maximum atomic E-state index is 11.1. The largest absolute Gasteiger partial charge is 0.346 e. The highest BCUT2D eigenvalue weighted by Gasteiger charge is 2.40. The average Bonchev–Trinajstić information content (AvgIpc) is 3.17. The van der Waals surface area contributed by atoms with Crippen LogP contribution < -0.4 is 5.32 Å². The Hall–Kier alpha value is -0.860. The van der Waals surface area contributed by atoms with Crippen LogP contribution in [0.3, 0.4) is 0 Å². The van der Waals surface area contributed by atoms with Crippen molar-refractivity contribution >= 4 is 11.7 Å². The van der Waals surface area contributed by atoms with E-state index in [1.54, 1.807) is 0 Å². The lowest BCUT2D eigenvalue weighted by molar-refractivity contribution is -0.137. The Bertz CT molecular complexity index is 420. The van der Waals surface area contributed by atoms with Crippen molar-refractivity contribution in [2.24, 2.45) is 23.7 Å². The second kappa shape index (κ2) is 9.58. The first-order chi connectivity index (χ1) is 11.5. The van der Waals surface area contributed by atoms with Crippen molar-refractivity contribution in [2.75, 3.05) is 0 Å². The average molecular weight is 336 g/mol. The minimum atomic E-state index is -0.405. The standard InChI is InChI=1S/C11H22.C10H15NO2/c1-3-4-8-11-9-6-5-7-10(11)2;1-6(12)10(13)11-9-5-7-2-3-8(9)4-7/h10-11H,3-9H2,1-2H3;7-9H,2-5H2,1H3,(H,11,13). The van der Waals surface area contributed by atoms with E-state index in [9.17, 15) is 9.59 Å². The molecule has 3 nitrogen and oxygen atoms in total. The van der Waals surface area contributed by atoms with Gasteiger partial charge in [0.15, 0.2) is 0 Å². The monoisotopic (exact) mass is 335 g/mol. The summed E-state index contributed by atoms with van der Waals surface area (Å²) in [6.07, 6.45) is 15.2. The first-order valence-corrected chi connectivity index (χ1v) is 10.3. The Morgan fingerprint density at radius 2 is 1.79 bits per heavy atom. The first-order valence-electron chi connectivity index (χ1n) is 10.3. The fourth-order valence-electron chi connectivity index (χ4n) is 4.98. The number of fused-ring (bicyclic) bond motifs is 2. The molecule has 3 aliphatic carbocycles. The molecule has 24 heavy (non-hydrogen) atoms. The molecular weight excluding hydrogens is 298 g/mol. The lowest BCUT2D eigenvalue weighted by atomic mass is 9.78. The molecule has 1 amide bonds. The molecule has 0 aromatic rings. The number of amides is 1. The highest BCUT2D eigenvalue weighted by Crippen LogP contribution is 2.44. The van der Waals surface area contributed by atoms with Gasteiger partial charge in [-0.2, -0.15) is 0 Å². The predicted octanol–water partition coefficient (Wildman–Crippen LogP) is 4.88. The zero-order valence-corrected chi connectivity index (χ0v) is 16.0. The Kier molecular flexibility index (Phi) is 7.77. The molecule has 5 atom stereocenters. The number of hydrogen-bond acceptors (Lipinski definition) is 2. The number of carbonyl (C=O) groups excluding carboxylic acids is 2. The fraction of sp³-hybridized carbons (Fsp3) is 0.905. The van der Waals surface area contributed by atoms with Crippen LogP contribution in [0.1, 0.15) is 91.4 Å². The number of Topliss-reactive ketones (excluding diaryl/α,β-unsaturated/α-hetero) is 1. The van der Waals surface area contributed by atoms with Crippen LogP contribution in [0.15, 0.2) is 0 Å². The summed E-state index contributed by atoms with van der Waals surface area (Å²) >= 11 is 0. The second-order valence-corrected chi connectivity index (χ2v) is 8.48. The van der Waals surface area contributed by atoms with Crippen LogP contribution in [0.4, 0.5) is 0 Å². The molecule has 0 aromatic carbocycles. The molecule has 0 spiro atoms. The molecule has 0 saturated heterocycles. The van der Waals surface area contributed by atoms with Gasteiger partial charge in [0.05, 0.1) is 0 Å². The zero-order chi connectivity index (χ0) is 17.5. The van der Waals surface area contributed by atoms with Crippen molar-refractivity contribution in [3.05, 3.63) is 0 Å². The third kappa shape index (κ3) is 5.60. The lowest BCUT2D eigenvalue weighted by Crippen LogP contribution is -2.41. The maximum absolute atomic E-state index is 11.1. The van der Waals surface area contributed by atoms with Crippen LogP contribution in [-0.4, -0.2) is 17.7 Å². The highest BCUT2D eigenvalue weighted by atomic mass is 16.2. The Balaban J connectivity index is 0.000000177. The zero-order valence-electron chi connectivity index (χ0n) is 16.0. The van der Waals surface area contributed by atoms with Crippen molar-refractivity contribution in [3.8, 4) is 0 Å². The number of hydrogen-bond donors (Lipinski definition) is 1. The van der Waals surface area contributed by atoms with Gasteiger partial charge in [-0.15, -0.1) is 0 Å². The molecular formula is C21H37NO2. The summed E-state index contributed by atoms with van der Waals surface area (Å²) in [6, 6.07) is 0.287. The summed E-state index contributed by atoms with van der Waals surface area (Å²) in [7, 11) is 0. The molecule has 0 aliphatic heterocycles. The van der Waals surface area contributed by atoms with Crippen LogP contribution in [0, 0.1) is 23.7 Å². The smallest absolute Gasteiger partial charge is 0.287 e. The molecule has 3 aliphatic rings. The summed E-state index contributed by atoms with van der Waals surface area (Å²) in [5, 5.41) is 2.82. The van der Waals surface area contributed by atoms with E-state index in [2.05, 4.69) is 19.2 Å². The molecule has 3 fully saturated rings. The van der Waals surface area contributed by atoms with E-state index in [1.165, 1.54) is 71.1 Å². The van der Waals surface area contributed by atoms with Crippen LogP contribution >= 0.6 is 0 Å². The first kappa shape index (κ1) is 19.5. The lowest BCUT2D eigenvalue weighted by Gasteiger charge is -2.28. The fourth-order valence-corrected chi connectivity index (χ4v) is 4.98. The van der Waals surface area contributed by atoms with Gasteiger partial charge in [-0.05, 0) is 42.9 Å². The van der Waals surface area contributed by atoms with Gasteiger partial charge in [-0.3, -0.25) is 9.59 Å². The van der Waals surface area contributed by atoms with Gasteiger partial charge in [0.25, 0.3) is 5.91 Å². The molecule has 3 heteroatoms. The van der Waals surface area contributed by atoms with Crippen LogP contribution in [-0.2, 0) is 9.59 Å². The van der Waals surface area contributed by atoms with Crippen molar-refractivity contribution in [2.45, 2.75) is 97.4 Å². The van der Waals surface area contributed by atoms with E-state index in [4.69, 9.17) is 0 Å². The van der Waals surface area contributed by atoms with Crippen molar-refractivity contribution in [1.29, 1.82) is 0 Å². The summed E-state index contributed by atoms with van der Waals surface area (Å²) in [5.41, 5.74) is 0. The highest BCUT2D eigenvalue weighted by molar-refractivity contribution is 6.35. The Labute approximate surface area is 148 Å². The minimum absolute atomic E-state index is 0.287. The van der Waals surface area contributed by atoms with Gasteiger partial charge in [0.2, 0.25) is 5.78 Å². The van der Waals surface area contributed by atoms with E-state index in [0.29, 0.717) is 5.92 Å². The van der Waals surface area contributed by atoms with E-state index in [0.717, 1.165) is 24.2 Å². The van der Waals surface area contributed by atoms with Crippen molar-refractivity contribution < 1.29 is 9.59 Å². The third-order valence-electron chi connectivity index (χ3n) is 6.59. The van der Waals surface area contributed by atoms with E-state index in [-0.39, 0.29) is 11.8 Å². The quantitative estimate of drug-likeness (QED) is 0.728. The third-order valence-corrected chi connectivity index (χ3v) is 6.59. The van der Waals surface area contributed by atoms with E-state index in [1.807, 2.05) is 0 Å². The minimum Gasteiger partial charge on any atom is -0.346 e. The van der Waals surface area contributed by atoms with E-state index < -0.39 is 5.91 Å². The van der Waals surface area contributed by atoms with Crippen molar-refractivity contribution in [3.63, 3.8) is 0 Å². The molecule has 138 valence electrons. The number of ketones is 1. The van der Waals surface area contributed by atoms with Crippen LogP contribution in [0.25, 0.3) is 0 Å². The topological polar surface area (TPSA) is 46.2 Å². The van der Waals surface area contributed by atoms with Gasteiger partial charge >= 0.3 is 0 Å². The number of rotatable bonds is 5. The molecule has 0 heterocycles. The molecule has 0 aromatic heterocycles. The summed E-state index contributed by atoms with van der Waals surface area (Å²) < 4.78 is 0. The van der Waals surface area contributed by atoms with Gasteiger partial charge in [-0.1, -0.05) is 65.2 Å². The van der Waals surface area contributed by atoms with Gasteiger partial charge in [0.1, 0.15) is 0 Å². The normalized spacial score (nSPS) is 34.4. The molecule has 3 rings (SSSR count). The summed E-state index contributed by atoms with van der Waals surface area (Å²) in [6.45, 7) is 6.07. The van der Waals surface area contributed by atoms with Crippen LogP contribution in [0.2, 0.25) is 0 Å². The SMILES string of the molecule is CC(=O)C(=O)NC1CC2CCC1C2.CCCCC1CCCCC1C. The maximum Gasteiger partial charge on any atom is 0.287 e.